The molecule has 0 amide bonds. The minimum atomic E-state index is -0.293. The van der Waals surface area contributed by atoms with Crippen LogP contribution in [0.5, 0.6) is 0 Å². The fraction of sp³-hybridized carbons (Fsp3) is 0.538. The first-order valence-electron chi connectivity index (χ1n) is 5.64. The first-order valence-corrected chi connectivity index (χ1v) is 5.64. The van der Waals surface area contributed by atoms with E-state index in [1.54, 1.807) is 0 Å². The van der Waals surface area contributed by atoms with E-state index in [4.69, 9.17) is 9.47 Å². The largest absolute Gasteiger partial charge is 0.347 e. The van der Waals surface area contributed by atoms with Crippen molar-refractivity contribution in [1.29, 1.82) is 0 Å². The van der Waals surface area contributed by atoms with Crippen LogP contribution in [-0.2, 0) is 22.3 Å². The highest BCUT2D eigenvalue weighted by Gasteiger charge is 2.39. The van der Waals surface area contributed by atoms with Crippen LogP contribution in [0, 0.1) is 6.92 Å². The van der Waals surface area contributed by atoms with E-state index in [-0.39, 0.29) is 5.79 Å². The summed E-state index contributed by atoms with van der Waals surface area (Å²) >= 11 is 0. The number of hydrogen-bond acceptors (Lipinski definition) is 2. The zero-order valence-electron chi connectivity index (χ0n) is 9.08. The standard InChI is InChI=1S/C13H16O2/c1-10-3-2-4-11-5-6-13(9-12(10)11)14-7-8-15-13/h2-4H,5-9H2,1H3. The smallest absolute Gasteiger partial charge is 0.172 e. The minimum absolute atomic E-state index is 0.293. The van der Waals surface area contributed by atoms with E-state index >= 15 is 0 Å². The highest BCUT2D eigenvalue weighted by molar-refractivity contribution is 5.37. The van der Waals surface area contributed by atoms with Crippen LogP contribution >= 0.6 is 0 Å². The number of ether oxygens (including phenoxy) is 2. The minimum Gasteiger partial charge on any atom is -0.347 e. The van der Waals surface area contributed by atoms with Gasteiger partial charge in [0.05, 0.1) is 13.2 Å². The molecule has 1 aliphatic heterocycles. The summed E-state index contributed by atoms with van der Waals surface area (Å²) in [6.07, 6.45) is 3.01. The fourth-order valence-electron chi connectivity index (χ4n) is 2.68. The molecule has 0 atom stereocenters. The molecule has 1 fully saturated rings. The van der Waals surface area contributed by atoms with Crippen LogP contribution < -0.4 is 0 Å². The maximum atomic E-state index is 5.77. The lowest BCUT2D eigenvalue weighted by molar-refractivity contribution is -0.163. The molecule has 80 valence electrons. The van der Waals surface area contributed by atoms with Gasteiger partial charge in [-0.1, -0.05) is 18.2 Å². The van der Waals surface area contributed by atoms with Crippen molar-refractivity contribution in [2.24, 2.45) is 0 Å². The van der Waals surface area contributed by atoms with Gasteiger partial charge in [0, 0.05) is 12.8 Å². The second-order valence-corrected chi connectivity index (χ2v) is 4.50. The summed E-state index contributed by atoms with van der Waals surface area (Å²) in [6, 6.07) is 6.54. The Hall–Kier alpha value is -0.860. The Kier molecular flexibility index (Phi) is 2.08. The third kappa shape index (κ3) is 1.48. The predicted octanol–water partition coefficient (Wildman–Crippen LogP) is 2.23. The monoisotopic (exact) mass is 204 g/mol. The van der Waals surface area contributed by atoms with E-state index in [2.05, 4.69) is 25.1 Å². The number of aryl methyl sites for hydroxylation is 2. The lowest BCUT2D eigenvalue weighted by Crippen LogP contribution is -2.37. The van der Waals surface area contributed by atoms with Gasteiger partial charge in [-0.2, -0.15) is 0 Å². The van der Waals surface area contributed by atoms with Crippen LogP contribution in [-0.4, -0.2) is 19.0 Å². The lowest BCUT2D eigenvalue weighted by Gasteiger charge is -2.33. The lowest BCUT2D eigenvalue weighted by atomic mass is 9.85. The van der Waals surface area contributed by atoms with Crippen LogP contribution in [0.15, 0.2) is 18.2 Å². The van der Waals surface area contributed by atoms with Crippen molar-refractivity contribution in [1.82, 2.24) is 0 Å². The topological polar surface area (TPSA) is 18.5 Å². The number of fused-ring (bicyclic) bond motifs is 1. The Morgan fingerprint density at radius 2 is 2.00 bits per heavy atom. The number of hydrogen-bond donors (Lipinski definition) is 0. The molecule has 1 aliphatic carbocycles. The van der Waals surface area contributed by atoms with Crippen molar-refractivity contribution in [3.8, 4) is 0 Å². The molecule has 0 N–H and O–H groups in total. The van der Waals surface area contributed by atoms with Crippen molar-refractivity contribution < 1.29 is 9.47 Å². The Labute approximate surface area is 90.2 Å². The summed E-state index contributed by atoms with van der Waals surface area (Å²) in [5.41, 5.74) is 4.27. The van der Waals surface area contributed by atoms with Gasteiger partial charge in [0.1, 0.15) is 0 Å². The van der Waals surface area contributed by atoms with Gasteiger partial charge in [-0.15, -0.1) is 0 Å². The molecule has 1 aromatic carbocycles. The molecule has 3 rings (SSSR count). The molecule has 2 aliphatic rings. The van der Waals surface area contributed by atoms with Crippen LogP contribution in [0.4, 0.5) is 0 Å². The van der Waals surface area contributed by atoms with Crippen molar-refractivity contribution in [3.63, 3.8) is 0 Å². The average Bonchev–Trinajstić information content (AvgIpc) is 2.68. The molecule has 2 heteroatoms. The van der Waals surface area contributed by atoms with Crippen molar-refractivity contribution in [2.75, 3.05) is 13.2 Å². The molecule has 1 heterocycles. The second kappa shape index (κ2) is 3.32. The summed E-state index contributed by atoms with van der Waals surface area (Å²) in [4.78, 5) is 0. The molecule has 0 aromatic heterocycles. The molecule has 15 heavy (non-hydrogen) atoms. The summed E-state index contributed by atoms with van der Waals surface area (Å²) in [5, 5.41) is 0. The molecule has 1 saturated heterocycles. The molecule has 1 spiro atoms. The number of benzene rings is 1. The van der Waals surface area contributed by atoms with Crippen LogP contribution in [0.25, 0.3) is 0 Å². The molecule has 1 aromatic rings. The third-order valence-electron chi connectivity index (χ3n) is 3.54. The van der Waals surface area contributed by atoms with E-state index in [1.807, 2.05) is 0 Å². The maximum absolute atomic E-state index is 5.77. The zero-order chi connectivity index (χ0) is 10.3. The quantitative estimate of drug-likeness (QED) is 0.645. The molecule has 0 bridgehead atoms. The van der Waals surface area contributed by atoms with Crippen molar-refractivity contribution in [3.05, 3.63) is 34.9 Å². The summed E-state index contributed by atoms with van der Waals surface area (Å²) in [7, 11) is 0. The van der Waals surface area contributed by atoms with E-state index in [0.29, 0.717) is 0 Å². The van der Waals surface area contributed by atoms with Gasteiger partial charge in [-0.05, 0) is 30.0 Å². The molecular weight excluding hydrogens is 188 g/mol. The van der Waals surface area contributed by atoms with Gasteiger partial charge in [-0.25, -0.2) is 0 Å². The first-order chi connectivity index (χ1) is 7.29. The predicted molar refractivity (Wildman–Crippen MR) is 57.8 cm³/mol. The average molecular weight is 204 g/mol. The van der Waals surface area contributed by atoms with Gasteiger partial charge < -0.3 is 9.47 Å². The highest BCUT2D eigenvalue weighted by atomic mass is 16.7. The van der Waals surface area contributed by atoms with Crippen molar-refractivity contribution >= 4 is 0 Å². The van der Waals surface area contributed by atoms with E-state index < -0.39 is 0 Å². The Morgan fingerprint density at radius 3 is 2.80 bits per heavy atom. The molecule has 2 nitrogen and oxygen atoms in total. The Morgan fingerprint density at radius 1 is 1.20 bits per heavy atom. The SMILES string of the molecule is Cc1cccc2c1CC1(CC2)OCCO1. The molecule has 0 saturated carbocycles. The molecule has 0 radical (unpaired) electrons. The Balaban J connectivity index is 1.98. The highest BCUT2D eigenvalue weighted by Crippen LogP contribution is 2.36. The van der Waals surface area contributed by atoms with Gasteiger partial charge in [0.15, 0.2) is 5.79 Å². The first kappa shape index (κ1) is 9.37. The number of rotatable bonds is 0. The normalized spacial score (nSPS) is 23.0. The fourth-order valence-corrected chi connectivity index (χ4v) is 2.68. The summed E-state index contributed by atoms with van der Waals surface area (Å²) in [5.74, 6) is -0.293. The van der Waals surface area contributed by atoms with Crippen molar-refractivity contribution in [2.45, 2.75) is 32.0 Å². The van der Waals surface area contributed by atoms with Gasteiger partial charge in [0.2, 0.25) is 0 Å². The maximum Gasteiger partial charge on any atom is 0.172 e. The Bertz CT molecular complexity index is 378. The second-order valence-electron chi connectivity index (χ2n) is 4.50. The van der Waals surface area contributed by atoms with Gasteiger partial charge in [0.25, 0.3) is 0 Å². The molecular formula is C13H16O2. The third-order valence-corrected chi connectivity index (χ3v) is 3.54. The zero-order valence-corrected chi connectivity index (χ0v) is 9.08. The van der Waals surface area contributed by atoms with E-state index in [0.717, 1.165) is 32.5 Å². The van der Waals surface area contributed by atoms with Gasteiger partial charge in [-0.3, -0.25) is 0 Å². The van der Waals surface area contributed by atoms with Crippen LogP contribution in [0.3, 0.4) is 0 Å². The van der Waals surface area contributed by atoms with Gasteiger partial charge >= 0.3 is 0 Å². The summed E-state index contributed by atoms with van der Waals surface area (Å²) < 4.78 is 11.5. The van der Waals surface area contributed by atoms with E-state index in [9.17, 15) is 0 Å². The van der Waals surface area contributed by atoms with Crippen LogP contribution in [0.1, 0.15) is 23.1 Å². The summed E-state index contributed by atoms with van der Waals surface area (Å²) in [6.45, 7) is 3.68. The van der Waals surface area contributed by atoms with E-state index in [1.165, 1.54) is 16.7 Å². The molecule has 0 unspecified atom stereocenters. The van der Waals surface area contributed by atoms with Crippen LogP contribution in [0.2, 0.25) is 0 Å².